The number of rotatable bonds is 3. The van der Waals surface area contributed by atoms with Gasteiger partial charge in [0.25, 0.3) is 0 Å². The van der Waals surface area contributed by atoms with Gasteiger partial charge in [-0.2, -0.15) is 0 Å². The normalized spacial score (nSPS) is 13.0. The van der Waals surface area contributed by atoms with Crippen LogP contribution in [-0.4, -0.2) is 10.2 Å². The molecule has 0 aromatic heterocycles. The lowest BCUT2D eigenvalue weighted by atomic mass is 9.78. The summed E-state index contributed by atoms with van der Waals surface area (Å²) >= 11 is 0. The van der Waals surface area contributed by atoms with Crippen molar-refractivity contribution in [2.24, 2.45) is 0 Å². The van der Waals surface area contributed by atoms with Gasteiger partial charge in [-0.25, -0.2) is 0 Å². The van der Waals surface area contributed by atoms with E-state index in [-0.39, 0.29) is 16.2 Å². The number of aromatic hydroxyl groups is 2. The molecule has 0 amide bonds. The zero-order valence-corrected chi connectivity index (χ0v) is 20.1. The van der Waals surface area contributed by atoms with Crippen LogP contribution < -0.4 is 0 Å². The zero-order valence-electron chi connectivity index (χ0n) is 20.1. The molecule has 2 rings (SSSR count). The summed E-state index contributed by atoms with van der Waals surface area (Å²) in [6, 6.07) is 8.45. The van der Waals surface area contributed by atoms with Gasteiger partial charge >= 0.3 is 0 Å². The molecule has 0 spiro atoms. The highest BCUT2D eigenvalue weighted by Gasteiger charge is 2.26. The predicted molar refractivity (Wildman–Crippen MR) is 124 cm³/mol. The van der Waals surface area contributed by atoms with Crippen molar-refractivity contribution in [3.8, 4) is 11.5 Å². The molecule has 0 radical (unpaired) electrons. The van der Waals surface area contributed by atoms with E-state index >= 15 is 0 Å². The largest absolute Gasteiger partial charge is 0.507 e. The summed E-state index contributed by atoms with van der Waals surface area (Å²) in [5, 5.41) is 22.2. The van der Waals surface area contributed by atoms with Crippen LogP contribution in [0.5, 0.6) is 11.5 Å². The summed E-state index contributed by atoms with van der Waals surface area (Å²) in [5.74, 6) is 0.705. The third-order valence-corrected chi connectivity index (χ3v) is 5.71. The third-order valence-electron chi connectivity index (χ3n) is 5.71. The maximum Gasteiger partial charge on any atom is 0.122 e. The number of hydrogen-bond donors (Lipinski definition) is 2. The van der Waals surface area contributed by atoms with Crippen molar-refractivity contribution in [2.45, 2.75) is 98.3 Å². The van der Waals surface area contributed by atoms with Crippen LogP contribution in [0.4, 0.5) is 0 Å². The second-order valence-corrected chi connectivity index (χ2v) is 11.5. The Morgan fingerprint density at radius 3 is 1.48 bits per heavy atom. The maximum absolute atomic E-state index is 11.1. The molecule has 2 heteroatoms. The molecule has 29 heavy (non-hydrogen) atoms. The highest BCUT2D eigenvalue weighted by atomic mass is 16.3. The molecule has 0 saturated carbocycles. The van der Waals surface area contributed by atoms with Gasteiger partial charge in [-0.15, -0.1) is 0 Å². The van der Waals surface area contributed by atoms with E-state index in [1.54, 1.807) is 0 Å². The molecule has 2 aromatic carbocycles. The Labute approximate surface area is 178 Å². The molecule has 160 valence electrons. The first-order valence-electron chi connectivity index (χ1n) is 10.8. The SMILES string of the molecule is CCc1cc(Cc2cc(C(C)(C)C)cc(C(C)(C)C)c2O)c(O)c(C(C)(C)C)c1. The zero-order chi connectivity index (χ0) is 22.4. The van der Waals surface area contributed by atoms with Crippen LogP contribution in [0.15, 0.2) is 24.3 Å². The maximum atomic E-state index is 11.1. The molecule has 0 unspecified atom stereocenters. The predicted octanol–water partition coefficient (Wildman–Crippen LogP) is 7.14. The molecule has 2 N–H and O–H groups in total. The number of hydrogen-bond acceptors (Lipinski definition) is 2. The third kappa shape index (κ3) is 5.15. The van der Waals surface area contributed by atoms with Crippen LogP contribution in [0.25, 0.3) is 0 Å². The van der Waals surface area contributed by atoms with Crippen molar-refractivity contribution in [1.82, 2.24) is 0 Å². The monoisotopic (exact) mass is 396 g/mol. The Balaban J connectivity index is 2.71. The van der Waals surface area contributed by atoms with Gasteiger partial charge in [0.2, 0.25) is 0 Å². The molecule has 0 aliphatic rings. The van der Waals surface area contributed by atoms with Gasteiger partial charge in [0.05, 0.1) is 0 Å². The van der Waals surface area contributed by atoms with Gasteiger partial charge in [0.15, 0.2) is 0 Å². The fraction of sp³-hybridized carbons (Fsp3) is 0.556. The number of aryl methyl sites for hydroxylation is 1. The first-order valence-corrected chi connectivity index (χ1v) is 10.8. The molecule has 0 saturated heterocycles. The van der Waals surface area contributed by atoms with Crippen molar-refractivity contribution < 1.29 is 10.2 Å². The van der Waals surface area contributed by atoms with Crippen LogP contribution in [-0.2, 0) is 29.1 Å². The van der Waals surface area contributed by atoms with Gasteiger partial charge in [-0.1, -0.05) is 93.5 Å². The minimum Gasteiger partial charge on any atom is -0.507 e. The molecule has 0 fully saturated rings. The van der Waals surface area contributed by atoms with Gasteiger partial charge in [-0.3, -0.25) is 0 Å². The Morgan fingerprint density at radius 2 is 1.07 bits per heavy atom. The fourth-order valence-electron chi connectivity index (χ4n) is 3.71. The van der Waals surface area contributed by atoms with Crippen molar-refractivity contribution in [3.05, 3.63) is 57.6 Å². The lowest BCUT2D eigenvalue weighted by Crippen LogP contribution is -2.18. The van der Waals surface area contributed by atoms with E-state index < -0.39 is 0 Å². The van der Waals surface area contributed by atoms with E-state index in [1.165, 1.54) is 11.1 Å². The molecular weight excluding hydrogens is 356 g/mol. The van der Waals surface area contributed by atoms with Crippen molar-refractivity contribution in [2.75, 3.05) is 0 Å². The summed E-state index contributed by atoms with van der Waals surface area (Å²) in [4.78, 5) is 0. The van der Waals surface area contributed by atoms with Crippen molar-refractivity contribution in [3.63, 3.8) is 0 Å². The molecule has 0 bridgehead atoms. The summed E-state index contributed by atoms with van der Waals surface area (Å²) in [6.07, 6.45) is 1.43. The molecular formula is C27H40O2. The van der Waals surface area contributed by atoms with E-state index in [9.17, 15) is 10.2 Å². The molecule has 0 atom stereocenters. The fourth-order valence-corrected chi connectivity index (χ4v) is 3.71. The highest BCUT2D eigenvalue weighted by Crippen LogP contribution is 2.41. The van der Waals surface area contributed by atoms with Crippen LogP contribution in [0, 0.1) is 0 Å². The Hall–Kier alpha value is -1.96. The standard InChI is InChI=1S/C27H40O2/c1-11-17-12-18(23(28)21(13-17)26(5,6)7)14-19-15-20(25(2,3)4)16-22(24(19)29)27(8,9)10/h12-13,15-16,28-29H,11,14H2,1-10H3. The quantitative estimate of drug-likeness (QED) is 0.578. The summed E-state index contributed by atoms with van der Waals surface area (Å²) in [5.41, 5.74) is 5.78. The Bertz CT molecular complexity index is 885. The molecule has 0 heterocycles. The second-order valence-electron chi connectivity index (χ2n) is 11.5. The van der Waals surface area contributed by atoms with Crippen molar-refractivity contribution >= 4 is 0 Å². The van der Waals surface area contributed by atoms with Gasteiger partial charge in [0.1, 0.15) is 11.5 Å². The van der Waals surface area contributed by atoms with Gasteiger partial charge in [-0.05, 0) is 56.0 Å². The number of phenols is 2. The number of benzene rings is 2. The van der Waals surface area contributed by atoms with Gasteiger partial charge < -0.3 is 10.2 Å². The smallest absolute Gasteiger partial charge is 0.122 e. The number of phenolic OH excluding ortho intramolecular Hbond substituents is 2. The van der Waals surface area contributed by atoms with Crippen molar-refractivity contribution in [1.29, 1.82) is 0 Å². The summed E-state index contributed by atoms with van der Waals surface area (Å²) in [6.45, 7) is 21.5. The minimum absolute atomic E-state index is 0.0215. The van der Waals surface area contributed by atoms with Crippen LogP contribution in [0.1, 0.15) is 103 Å². The molecule has 2 aromatic rings. The van der Waals surface area contributed by atoms with E-state index in [1.807, 2.05) is 0 Å². The minimum atomic E-state index is -0.163. The van der Waals surface area contributed by atoms with Gasteiger partial charge in [0, 0.05) is 6.42 Å². The Morgan fingerprint density at radius 1 is 0.621 bits per heavy atom. The summed E-state index contributed by atoms with van der Waals surface area (Å²) < 4.78 is 0. The lowest BCUT2D eigenvalue weighted by Gasteiger charge is -2.28. The second kappa shape index (κ2) is 7.70. The lowest BCUT2D eigenvalue weighted by molar-refractivity contribution is 0.434. The summed E-state index contributed by atoms with van der Waals surface area (Å²) in [7, 11) is 0. The van der Waals surface area contributed by atoms with E-state index in [0.29, 0.717) is 17.9 Å². The topological polar surface area (TPSA) is 40.5 Å². The van der Waals surface area contributed by atoms with Crippen LogP contribution in [0.3, 0.4) is 0 Å². The molecule has 0 aliphatic heterocycles. The van der Waals surface area contributed by atoms with E-state index in [4.69, 9.17) is 0 Å². The average molecular weight is 397 g/mol. The van der Waals surface area contributed by atoms with E-state index in [2.05, 4.69) is 93.5 Å². The molecule has 0 aliphatic carbocycles. The van der Waals surface area contributed by atoms with Crippen LogP contribution in [0.2, 0.25) is 0 Å². The molecule has 2 nitrogen and oxygen atoms in total. The first kappa shape index (κ1) is 23.3. The Kier molecular flexibility index (Phi) is 6.19. The van der Waals surface area contributed by atoms with E-state index in [0.717, 1.165) is 28.7 Å². The van der Waals surface area contributed by atoms with Crippen LogP contribution >= 0.6 is 0 Å². The highest BCUT2D eigenvalue weighted by molar-refractivity contribution is 5.54. The first-order chi connectivity index (χ1) is 13.1. The average Bonchev–Trinajstić information content (AvgIpc) is 2.55.